The van der Waals surface area contributed by atoms with Crippen molar-refractivity contribution in [2.45, 2.75) is 64.6 Å². The molecular formula is C30H80N6O38P2S8. The third-order valence-electron chi connectivity index (χ3n) is 8.06. The molecule has 54 heteroatoms. The van der Waals surface area contributed by atoms with Crippen LogP contribution in [0, 0.1) is 0 Å². The molecule has 44 nitrogen and oxygen atoms in total. The van der Waals surface area contributed by atoms with Crippen molar-refractivity contribution in [1.29, 1.82) is 0 Å². The number of aliphatic hydroxyl groups is 2. The summed E-state index contributed by atoms with van der Waals surface area (Å²) >= 11 is 0. The Kier molecular flexibility index (Phi) is 50.8. The molecule has 0 saturated carbocycles. The van der Waals surface area contributed by atoms with E-state index < -0.39 is 182 Å². The summed E-state index contributed by atoms with van der Waals surface area (Å²) < 4.78 is 252. The van der Waals surface area contributed by atoms with Crippen molar-refractivity contribution in [3.05, 3.63) is 0 Å². The highest BCUT2D eigenvalue weighted by atomic mass is 32.2. The zero-order chi connectivity index (χ0) is 68.0. The molecule has 2 unspecified atom stereocenters. The molecule has 84 heavy (non-hydrogen) atoms. The predicted molar refractivity (Wildman–Crippen MR) is 287 cm³/mol. The maximum Gasteiger partial charge on any atom is 0.341 e. The van der Waals surface area contributed by atoms with Gasteiger partial charge in [0.25, 0.3) is 80.9 Å². The molecule has 0 amide bonds. The average molecular weight is 1450 g/mol. The SMILES string of the molecule is CCN(O)CC.O=P(O)(O)CN(O)CP(=O)(O)O.O=S(=O)(O)CC(O)CN(O)CC(O)CS(=O)(=O)O.O=S(=O)(O)CCCCN(O)CCCCS(=O)(=O)O.O=S(=O)(O)CCCN(O)CCCS(=O)(=O)O.O=S(=O)(O)CCN(O)CCS(=O)(=O)O. The molecule has 0 aromatic heterocycles. The molecule has 20 N–H and O–H groups in total. The molecule has 0 radical (unpaired) electrons. The lowest BCUT2D eigenvalue weighted by Gasteiger charge is -2.20. The Morgan fingerprint density at radius 3 is 0.738 bits per heavy atom. The van der Waals surface area contributed by atoms with Crippen LogP contribution < -0.4 is 0 Å². The molecule has 0 rings (SSSR count). The fourth-order valence-corrected chi connectivity index (χ4v) is 10.0. The minimum Gasteiger partial charge on any atom is -0.391 e. The Morgan fingerprint density at radius 2 is 0.536 bits per heavy atom. The van der Waals surface area contributed by atoms with Gasteiger partial charge in [-0.15, -0.1) is 0 Å². The molecule has 0 aliphatic heterocycles. The Hall–Kier alpha value is -0.980. The molecule has 2 atom stereocenters. The Labute approximate surface area is 486 Å². The van der Waals surface area contributed by atoms with Crippen molar-refractivity contribution in [2.24, 2.45) is 0 Å². The smallest absolute Gasteiger partial charge is 0.341 e. The molecule has 0 saturated heterocycles. The number of hydroxylamine groups is 12. The van der Waals surface area contributed by atoms with E-state index in [1.807, 2.05) is 13.8 Å². The van der Waals surface area contributed by atoms with Crippen LogP contribution in [0.15, 0.2) is 0 Å². The van der Waals surface area contributed by atoms with Crippen molar-refractivity contribution in [3.63, 3.8) is 0 Å². The molecule has 0 heterocycles. The van der Waals surface area contributed by atoms with Crippen LogP contribution in [0.3, 0.4) is 0 Å². The molecular weight excluding hydrogens is 1370 g/mol. The zero-order valence-electron chi connectivity index (χ0n) is 44.7. The van der Waals surface area contributed by atoms with Crippen molar-refractivity contribution in [1.82, 2.24) is 30.4 Å². The van der Waals surface area contributed by atoms with E-state index in [0.717, 1.165) is 23.2 Å². The maximum atomic E-state index is 10.4. The van der Waals surface area contributed by atoms with E-state index in [4.69, 9.17) is 92.2 Å². The third-order valence-corrected chi connectivity index (χ3v) is 15.7. The topological polar surface area (TPSA) is 731 Å². The van der Waals surface area contributed by atoms with Gasteiger partial charge in [-0.3, -0.25) is 45.6 Å². The second-order valence-electron chi connectivity index (χ2n) is 16.6. The Balaban J connectivity index is -0.000000222. The van der Waals surface area contributed by atoms with E-state index in [0.29, 0.717) is 17.9 Å². The summed E-state index contributed by atoms with van der Waals surface area (Å²) in [6.45, 7) is 3.56. The lowest BCUT2D eigenvalue weighted by atomic mass is 10.3. The van der Waals surface area contributed by atoms with Gasteiger partial charge in [0.1, 0.15) is 24.1 Å². The standard InChI is InChI=1S/C8H19NO7S2.C6H15NO9S2.C6H15NO7S2.C4H11NO7S2.C4H11NO.C2H9NO7P2/c10-9(5-1-3-7-17(11,12)13)6-2-4-8-18(14,15)16;8-5(3-17(11,12)13)1-7(10)2-6(9)4-18(14,15)16;8-7(3-1-5-15(9,10)11)4-2-6-16(12,13)14;6-5(1-3-13(7,8)9)2-4-14(10,11)12;1-3-5(6)4-2;4-3(1-11(5,6)7)2-12(8,9)10/h10H,1-8H2,(H,11,12,13)(H,14,15,16);5-6,8-10H,1-4H2,(H,11,12,13)(H,14,15,16);8H,1-6H2,(H,9,10,11)(H,12,13,14);6H,1-4H2,(H,7,8,9)(H,10,11,12);6H,3-4H2,1-2H3;4H,1-2H2,(H2,5,6,7)(H2,8,9,10). The van der Waals surface area contributed by atoms with Crippen molar-refractivity contribution in [2.75, 3.05) is 124 Å². The van der Waals surface area contributed by atoms with E-state index in [2.05, 4.69) is 0 Å². The molecule has 0 aromatic carbocycles. The summed E-state index contributed by atoms with van der Waals surface area (Å²) in [7, 11) is -42.1. The quantitative estimate of drug-likeness (QED) is 0.0119. The normalized spacial score (nSPS) is 13.9. The summed E-state index contributed by atoms with van der Waals surface area (Å²) in [5.74, 6) is -5.08. The fraction of sp³-hybridized carbons (Fsp3) is 1.00. The first kappa shape index (κ1) is 94.1. The number of unbranched alkanes of at least 4 members (excludes halogenated alkanes) is 2. The van der Waals surface area contributed by atoms with Crippen molar-refractivity contribution < 1.29 is 174 Å². The second-order valence-corrected chi connectivity index (χ2v) is 32.3. The van der Waals surface area contributed by atoms with Gasteiger partial charge in [0.05, 0.1) is 59.8 Å². The molecule has 0 fully saturated rings. The van der Waals surface area contributed by atoms with E-state index in [-0.39, 0.29) is 73.5 Å². The van der Waals surface area contributed by atoms with Crippen LogP contribution in [0.5, 0.6) is 0 Å². The number of aliphatic hydroxyl groups excluding tert-OH is 2. The predicted octanol–water partition coefficient (Wildman–Crippen LogP) is -5.46. The summed E-state index contributed by atoms with van der Waals surface area (Å²) in [5.41, 5.74) is 0. The van der Waals surface area contributed by atoms with Gasteiger partial charge >= 0.3 is 15.2 Å². The van der Waals surface area contributed by atoms with Gasteiger partial charge in [-0.25, -0.2) is 0 Å². The summed E-state index contributed by atoms with van der Waals surface area (Å²) in [4.78, 5) is 33.0. The monoisotopic (exact) mass is 1450 g/mol. The molecule has 0 bridgehead atoms. The molecule has 0 spiro atoms. The first-order valence-electron chi connectivity index (χ1n) is 22.8. The van der Waals surface area contributed by atoms with E-state index in [1.54, 1.807) is 0 Å². The van der Waals surface area contributed by atoms with E-state index >= 15 is 0 Å². The number of nitrogens with zero attached hydrogens (tertiary/aromatic N) is 6. The van der Waals surface area contributed by atoms with E-state index in [9.17, 15) is 81.7 Å². The Morgan fingerprint density at radius 1 is 0.310 bits per heavy atom. The largest absolute Gasteiger partial charge is 0.391 e. The first-order valence-corrected chi connectivity index (χ1v) is 39.3. The number of rotatable bonds is 38. The lowest BCUT2D eigenvalue weighted by Crippen LogP contribution is -2.40. The zero-order valence-corrected chi connectivity index (χ0v) is 53.0. The van der Waals surface area contributed by atoms with Gasteiger partial charge in [0.2, 0.25) is 0 Å². The second kappa shape index (κ2) is 45.3. The van der Waals surface area contributed by atoms with Gasteiger partial charge in [0.15, 0.2) is 0 Å². The Bertz CT molecular complexity index is 2610. The van der Waals surface area contributed by atoms with Crippen LogP contribution in [0.1, 0.15) is 52.4 Å². The fourth-order valence-electron chi connectivity index (χ4n) is 4.64. The van der Waals surface area contributed by atoms with Gasteiger partial charge in [0, 0.05) is 52.4 Å². The highest BCUT2D eigenvalue weighted by Crippen LogP contribution is 2.39. The van der Waals surface area contributed by atoms with Crippen LogP contribution in [0.4, 0.5) is 0 Å². The van der Waals surface area contributed by atoms with Crippen molar-refractivity contribution in [3.8, 4) is 0 Å². The van der Waals surface area contributed by atoms with Gasteiger partial charge in [-0.1, -0.05) is 13.8 Å². The van der Waals surface area contributed by atoms with Crippen LogP contribution in [0.25, 0.3) is 0 Å². The van der Waals surface area contributed by atoms with Crippen LogP contribution >= 0.6 is 15.2 Å². The molecule has 516 valence electrons. The lowest BCUT2D eigenvalue weighted by molar-refractivity contribution is -0.126. The van der Waals surface area contributed by atoms with E-state index in [1.165, 1.54) is 5.06 Å². The average Bonchev–Trinajstić information content (AvgIpc) is 3.21. The van der Waals surface area contributed by atoms with Crippen LogP contribution in [-0.4, -0.2) is 331 Å². The molecule has 0 aliphatic carbocycles. The van der Waals surface area contributed by atoms with Gasteiger partial charge in [-0.2, -0.15) is 97.7 Å². The minimum atomic E-state index is -4.48. The van der Waals surface area contributed by atoms with Crippen molar-refractivity contribution >= 4 is 96.1 Å². The molecule has 0 aromatic rings. The molecule has 0 aliphatic rings. The van der Waals surface area contributed by atoms with Crippen LogP contribution in [-0.2, 0) is 90.1 Å². The van der Waals surface area contributed by atoms with Gasteiger partial charge in [-0.05, 0) is 38.5 Å². The summed E-state index contributed by atoms with van der Waals surface area (Å²) in [5, 5.41) is 75.2. The summed E-state index contributed by atoms with van der Waals surface area (Å²) in [6.07, 6.45) is -4.12. The highest BCUT2D eigenvalue weighted by molar-refractivity contribution is 7.87. The minimum absolute atomic E-state index is 0.00866. The maximum absolute atomic E-state index is 10.4. The number of hydrogen-bond donors (Lipinski definition) is 20. The summed E-state index contributed by atoms with van der Waals surface area (Å²) in [6, 6.07) is 0. The number of hydrogen-bond acceptors (Lipinski definition) is 32. The van der Waals surface area contributed by atoms with Crippen LogP contribution in [0.2, 0.25) is 0 Å². The third kappa shape index (κ3) is 97.3. The highest BCUT2D eigenvalue weighted by Gasteiger charge is 2.25. The first-order chi connectivity index (χ1) is 37.1. The van der Waals surface area contributed by atoms with Gasteiger partial charge < -0.3 is 61.0 Å².